The minimum absolute atomic E-state index is 0.900. The molecule has 0 radical (unpaired) electrons. The van der Waals surface area contributed by atoms with Gasteiger partial charge in [0.2, 0.25) is 0 Å². The maximum Gasteiger partial charge on any atom is 0.145 e. The summed E-state index contributed by atoms with van der Waals surface area (Å²) >= 11 is 0. The maximum atomic E-state index is 6.65. The van der Waals surface area contributed by atoms with Gasteiger partial charge in [0.15, 0.2) is 0 Å². The number of anilines is 3. The number of nitrogens with zero attached hydrogens (tertiary/aromatic N) is 1. The Morgan fingerprint density at radius 3 is 1.88 bits per heavy atom. The highest BCUT2D eigenvalue weighted by Crippen LogP contribution is 2.45. The molecule has 0 N–H and O–H groups in total. The average Bonchev–Trinajstić information content (AvgIpc) is 3.54. The van der Waals surface area contributed by atoms with E-state index in [4.69, 9.17) is 4.42 Å². The fraction of sp³-hybridized carbons (Fsp3) is 0. The van der Waals surface area contributed by atoms with Crippen LogP contribution < -0.4 is 4.90 Å². The fourth-order valence-electron chi connectivity index (χ4n) is 7.56. The van der Waals surface area contributed by atoms with E-state index in [-0.39, 0.29) is 0 Å². The third-order valence-electron chi connectivity index (χ3n) is 9.80. The molecule has 10 rings (SSSR count). The van der Waals surface area contributed by atoms with Crippen molar-refractivity contribution in [2.75, 3.05) is 4.90 Å². The Balaban J connectivity index is 1.25. The quantitative estimate of drug-likeness (QED) is 0.184. The van der Waals surface area contributed by atoms with Gasteiger partial charge < -0.3 is 9.32 Å². The smallest absolute Gasteiger partial charge is 0.145 e. The summed E-state index contributed by atoms with van der Waals surface area (Å²) in [5, 5.41) is 12.0. The molecule has 2 heteroatoms. The number of hydrogen-bond acceptors (Lipinski definition) is 2. The van der Waals surface area contributed by atoms with Crippen LogP contribution in [0, 0.1) is 0 Å². The van der Waals surface area contributed by atoms with E-state index in [1.54, 1.807) is 0 Å². The molecule has 2 nitrogen and oxygen atoms in total. The van der Waals surface area contributed by atoms with Crippen LogP contribution in [0.15, 0.2) is 180 Å². The molecular formula is C46H29NO. The summed E-state index contributed by atoms with van der Waals surface area (Å²) in [6, 6.07) is 63.3. The highest BCUT2D eigenvalue weighted by atomic mass is 16.3. The molecule has 0 bridgehead atoms. The first-order chi connectivity index (χ1) is 23.8. The second-order valence-electron chi connectivity index (χ2n) is 12.5. The first-order valence-corrected chi connectivity index (χ1v) is 16.4. The van der Waals surface area contributed by atoms with Crippen molar-refractivity contribution < 1.29 is 4.42 Å². The van der Waals surface area contributed by atoms with Crippen LogP contribution in [0.5, 0.6) is 0 Å². The van der Waals surface area contributed by atoms with E-state index in [1.165, 1.54) is 43.4 Å². The van der Waals surface area contributed by atoms with Gasteiger partial charge in [-0.1, -0.05) is 133 Å². The van der Waals surface area contributed by atoms with Crippen molar-refractivity contribution in [2.45, 2.75) is 0 Å². The first kappa shape index (κ1) is 26.8. The monoisotopic (exact) mass is 611 g/mol. The van der Waals surface area contributed by atoms with Crippen LogP contribution in [0.1, 0.15) is 0 Å². The lowest BCUT2D eigenvalue weighted by molar-refractivity contribution is 0.672. The van der Waals surface area contributed by atoms with Gasteiger partial charge in [-0.25, -0.2) is 0 Å². The maximum absolute atomic E-state index is 6.65. The second-order valence-corrected chi connectivity index (χ2v) is 12.5. The van der Waals surface area contributed by atoms with Gasteiger partial charge in [-0.05, 0) is 91.3 Å². The standard InChI is InChI=1S/C46H29NO/c1-2-10-30(11-3-1)33-14-8-15-35(28-33)47(43-18-9-13-32-21-26-42-41-17-6-7-19-44(41)48-46(42)45(32)43)36-23-27-38-34(29-36)22-25-39-37-16-5-4-12-31(37)20-24-40(38)39/h1-29H. The Kier molecular flexibility index (Phi) is 5.91. The Hall–Kier alpha value is -6.38. The summed E-state index contributed by atoms with van der Waals surface area (Å²) in [6.07, 6.45) is 0. The van der Waals surface area contributed by atoms with Gasteiger partial charge in [0.05, 0.1) is 5.69 Å². The van der Waals surface area contributed by atoms with Gasteiger partial charge >= 0.3 is 0 Å². The summed E-state index contributed by atoms with van der Waals surface area (Å²) < 4.78 is 6.65. The lowest BCUT2D eigenvalue weighted by Gasteiger charge is -2.28. The Morgan fingerprint density at radius 1 is 0.354 bits per heavy atom. The molecule has 0 atom stereocenters. The zero-order chi connectivity index (χ0) is 31.6. The zero-order valence-corrected chi connectivity index (χ0v) is 26.1. The van der Waals surface area contributed by atoms with Crippen LogP contribution in [-0.4, -0.2) is 0 Å². The van der Waals surface area contributed by atoms with Crippen molar-refractivity contribution in [2.24, 2.45) is 0 Å². The summed E-state index contributed by atoms with van der Waals surface area (Å²) in [5.41, 5.74) is 7.43. The molecule has 224 valence electrons. The summed E-state index contributed by atoms with van der Waals surface area (Å²) in [5.74, 6) is 0. The van der Waals surface area contributed by atoms with E-state index in [0.717, 1.165) is 49.8 Å². The lowest BCUT2D eigenvalue weighted by atomic mass is 9.96. The van der Waals surface area contributed by atoms with Crippen molar-refractivity contribution in [3.63, 3.8) is 0 Å². The molecule has 48 heavy (non-hydrogen) atoms. The van der Waals surface area contributed by atoms with Crippen LogP contribution in [-0.2, 0) is 0 Å². The van der Waals surface area contributed by atoms with Gasteiger partial charge in [0.1, 0.15) is 11.2 Å². The zero-order valence-electron chi connectivity index (χ0n) is 26.1. The Bertz CT molecular complexity index is 2850. The van der Waals surface area contributed by atoms with Crippen LogP contribution in [0.2, 0.25) is 0 Å². The van der Waals surface area contributed by atoms with Crippen molar-refractivity contribution in [3.05, 3.63) is 176 Å². The van der Waals surface area contributed by atoms with Gasteiger partial charge in [-0.2, -0.15) is 0 Å². The van der Waals surface area contributed by atoms with Crippen LogP contribution in [0.3, 0.4) is 0 Å². The minimum atomic E-state index is 0.900. The molecule has 0 spiro atoms. The van der Waals surface area contributed by atoms with Gasteiger partial charge in [-0.15, -0.1) is 0 Å². The molecule has 10 aromatic rings. The highest BCUT2D eigenvalue weighted by Gasteiger charge is 2.20. The van der Waals surface area contributed by atoms with Gasteiger partial charge in [0, 0.05) is 27.5 Å². The number of rotatable bonds is 4. The predicted octanol–water partition coefficient (Wildman–Crippen LogP) is 13.3. The Labute approximate surface area is 277 Å². The van der Waals surface area contributed by atoms with Gasteiger partial charge in [-0.3, -0.25) is 0 Å². The average molecular weight is 612 g/mol. The largest absolute Gasteiger partial charge is 0.455 e. The molecular weight excluding hydrogens is 583 g/mol. The van der Waals surface area contributed by atoms with E-state index in [0.29, 0.717) is 0 Å². The number of para-hydroxylation sites is 1. The Morgan fingerprint density at radius 2 is 0.979 bits per heavy atom. The molecule has 9 aromatic carbocycles. The number of benzene rings is 9. The van der Waals surface area contributed by atoms with E-state index < -0.39 is 0 Å². The molecule has 0 saturated heterocycles. The number of fused-ring (bicyclic) bond motifs is 10. The lowest BCUT2D eigenvalue weighted by Crippen LogP contribution is -2.10. The molecule has 1 heterocycles. The third-order valence-corrected chi connectivity index (χ3v) is 9.80. The second kappa shape index (κ2) is 10.6. The van der Waals surface area contributed by atoms with Crippen molar-refractivity contribution in [1.82, 2.24) is 0 Å². The molecule has 0 aliphatic rings. The van der Waals surface area contributed by atoms with Crippen molar-refractivity contribution >= 4 is 82.1 Å². The normalized spacial score (nSPS) is 11.8. The molecule has 0 aliphatic carbocycles. The minimum Gasteiger partial charge on any atom is -0.455 e. The summed E-state index contributed by atoms with van der Waals surface area (Å²) in [4.78, 5) is 2.39. The van der Waals surface area contributed by atoms with Crippen LogP contribution in [0.25, 0.3) is 76.2 Å². The fourth-order valence-corrected chi connectivity index (χ4v) is 7.56. The van der Waals surface area contributed by atoms with Gasteiger partial charge in [0.25, 0.3) is 0 Å². The molecule has 0 aliphatic heterocycles. The summed E-state index contributed by atoms with van der Waals surface area (Å²) in [7, 11) is 0. The van der Waals surface area contributed by atoms with E-state index in [1.807, 2.05) is 6.07 Å². The summed E-state index contributed by atoms with van der Waals surface area (Å²) in [6.45, 7) is 0. The predicted molar refractivity (Wildman–Crippen MR) is 204 cm³/mol. The van der Waals surface area contributed by atoms with Crippen LogP contribution >= 0.6 is 0 Å². The number of furan rings is 1. The molecule has 0 amide bonds. The van der Waals surface area contributed by atoms with Crippen molar-refractivity contribution in [3.8, 4) is 11.1 Å². The third kappa shape index (κ3) is 4.13. The van der Waals surface area contributed by atoms with E-state index >= 15 is 0 Å². The van der Waals surface area contributed by atoms with Crippen LogP contribution in [0.4, 0.5) is 17.1 Å². The topological polar surface area (TPSA) is 16.4 Å². The molecule has 0 unspecified atom stereocenters. The van der Waals surface area contributed by atoms with E-state index in [9.17, 15) is 0 Å². The SMILES string of the molecule is c1ccc(-c2cccc(N(c3ccc4c(ccc5c6ccccc6ccc45)c3)c3cccc4ccc5c6ccccc6oc5c34)c2)cc1. The highest BCUT2D eigenvalue weighted by molar-refractivity contribution is 6.20. The molecule has 0 fully saturated rings. The first-order valence-electron chi connectivity index (χ1n) is 16.4. The number of hydrogen-bond donors (Lipinski definition) is 0. The van der Waals surface area contributed by atoms with E-state index in [2.05, 4.69) is 175 Å². The molecule has 0 saturated carbocycles. The molecule has 1 aromatic heterocycles. The van der Waals surface area contributed by atoms with Crippen molar-refractivity contribution in [1.29, 1.82) is 0 Å².